The van der Waals surface area contributed by atoms with Gasteiger partial charge >= 0.3 is 5.97 Å². The zero-order valence-corrected chi connectivity index (χ0v) is 47.2. The number of esters is 1. The molecule has 1 spiro atoms. The number of nitrogens with zero attached hydrogens (tertiary/aromatic N) is 1. The Morgan fingerprint density at radius 3 is 2.44 bits per heavy atom. The van der Waals surface area contributed by atoms with Gasteiger partial charge in [0, 0.05) is 61.6 Å². The summed E-state index contributed by atoms with van der Waals surface area (Å²) in [5.41, 5.74) is 11.2. The Balaban J connectivity index is 1.35. The monoisotopic (exact) mass is 1070 g/mol. The molecule has 9 N–H and O–H groups in total. The summed E-state index contributed by atoms with van der Waals surface area (Å²) >= 11 is 0. The molecule has 5 rings (SSSR count). The highest BCUT2D eigenvalue weighted by molar-refractivity contribution is 5.93. The maximum absolute atomic E-state index is 14.6. The Kier molecular flexibility index (Phi) is 23.5. The van der Waals surface area contributed by atoms with E-state index in [1.165, 1.54) is 18.0 Å². The van der Waals surface area contributed by atoms with E-state index < -0.39 is 89.7 Å². The van der Waals surface area contributed by atoms with Crippen molar-refractivity contribution in [2.45, 2.75) is 194 Å². The number of ketones is 1. The zero-order chi connectivity index (χ0) is 56.7. The first kappa shape index (κ1) is 62.4. The van der Waals surface area contributed by atoms with Crippen molar-refractivity contribution in [3.63, 3.8) is 0 Å². The molecule has 17 nitrogen and oxygen atoms in total. The van der Waals surface area contributed by atoms with Gasteiger partial charge in [0.1, 0.15) is 30.0 Å². The number of ether oxygens (including phenoxy) is 2. The highest BCUT2D eigenvalue weighted by Crippen LogP contribution is 2.43. The predicted octanol–water partition coefficient (Wildman–Crippen LogP) is 6.23. The number of aliphatic hydroxyl groups is 3. The number of carbonyl (C=O) groups excluding carboxylic acids is 6. The van der Waals surface area contributed by atoms with Crippen molar-refractivity contribution in [2.24, 2.45) is 41.4 Å². The normalized spacial score (nSPS) is 33.2. The summed E-state index contributed by atoms with van der Waals surface area (Å²) < 4.78 is 13.0. The lowest BCUT2D eigenvalue weighted by atomic mass is 9.75. The molecule has 0 saturated carbocycles. The van der Waals surface area contributed by atoms with Crippen molar-refractivity contribution in [3.8, 4) is 0 Å². The Hall–Kier alpha value is -5.46. The van der Waals surface area contributed by atoms with Gasteiger partial charge in [0.15, 0.2) is 5.72 Å². The van der Waals surface area contributed by atoms with Crippen LogP contribution in [0.3, 0.4) is 0 Å². The van der Waals surface area contributed by atoms with Gasteiger partial charge in [-0.05, 0) is 106 Å². The minimum atomic E-state index is -1.42. The van der Waals surface area contributed by atoms with Gasteiger partial charge in [0.05, 0.1) is 30.3 Å². The molecule has 4 aliphatic rings. The summed E-state index contributed by atoms with van der Waals surface area (Å²) in [4.78, 5) is 82.2. The van der Waals surface area contributed by atoms with Gasteiger partial charge in [-0.1, -0.05) is 109 Å². The van der Waals surface area contributed by atoms with Crippen molar-refractivity contribution in [3.05, 3.63) is 89.6 Å². The topological polar surface area (TPSA) is 259 Å². The van der Waals surface area contributed by atoms with Gasteiger partial charge in [-0.2, -0.15) is 0 Å². The summed E-state index contributed by atoms with van der Waals surface area (Å²) in [6.07, 6.45) is 14.6. The fraction of sp³-hybridized carbons (Fsp3) is 0.633. The maximum Gasteiger partial charge on any atom is 0.325 e. The Morgan fingerprint density at radius 2 is 1.75 bits per heavy atom. The summed E-state index contributed by atoms with van der Waals surface area (Å²) in [7, 11) is 0. The number of anilines is 1. The first-order chi connectivity index (χ1) is 36.5. The number of rotatable bonds is 15. The van der Waals surface area contributed by atoms with Crippen LogP contribution in [0.2, 0.25) is 0 Å². The number of aliphatic hydroxyl groups excluding tert-OH is 3. The number of nitrogen functional groups attached to an aromatic ring is 1. The van der Waals surface area contributed by atoms with Gasteiger partial charge in [0.25, 0.3) is 5.91 Å². The third-order valence-electron chi connectivity index (χ3n) is 16.2. The van der Waals surface area contributed by atoms with Crippen molar-refractivity contribution in [2.75, 3.05) is 12.3 Å². The molecule has 17 heteroatoms. The molecular formula is C60H90N6O11. The minimum absolute atomic E-state index is 0.0111. The average Bonchev–Trinajstić information content (AvgIpc) is 3.38. The molecule has 2 bridgehead atoms. The number of hydrogen-bond acceptors (Lipinski definition) is 13. The molecule has 4 amide bonds. The van der Waals surface area contributed by atoms with Gasteiger partial charge < -0.3 is 51.3 Å². The second-order valence-electron chi connectivity index (χ2n) is 22.7. The van der Waals surface area contributed by atoms with E-state index in [0.29, 0.717) is 43.4 Å². The second-order valence-corrected chi connectivity index (χ2v) is 22.7. The lowest BCUT2D eigenvalue weighted by Gasteiger charge is -2.51. The fourth-order valence-electron chi connectivity index (χ4n) is 10.9. The van der Waals surface area contributed by atoms with E-state index in [1.54, 1.807) is 63.3 Å². The number of nitrogens with one attached hydrogen (secondary N) is 4. The zero-order valence-electron chi connectivity index (χ0n) is 47.2. The van der Waals surface area contributed by atoms with E-state index in [0.717, 1.165) is 24.0 Å². The number of benzene rings is 1. The van der Waals surface area contributed by atoms with E-state index in [4.69, 9.17) is 15.2 Å². The molecule has 0 radical (unpaired) electrons. The fourth-order valence-corrected chi connectivity index (χ4v) is 10.9. The van der Waals surface area contributed by atoms with Crippen LogP contribution in [-0.4, -0.2) is 117 Å². The van der Waals surface area contributed by atoms with Crippen molar-refractivity contribution in [1.29, 1.82) is 0 Å². The summed E-state index contributed by atoms with van der Waals surface area (Å²) in [6, 6.07) is 3.70. The molecule has 15 atom stereocenters. The molecule has 426 valence electrons. The maximum atomic E-state index is 14.6. The SMILES string of the molecule is CC[C@H]1C[C@H](C)[C@@]2(NC1=O)O[C@@H](C[C@H](O)[C@@H](C)CC/C=C/C=C(\C)[C@@H]1C/C=C/C=C/[C@H](O)[C@H](C)[C@@H](O)[C@@H](CCC(C)=O)C(=O)N[C@@H](C(C)C)C(=O)N[C@@H](Cc3cccc(N)c3)C(=O)N3CCCC(N3)C(=O)O1)[C@H](C)C=C2C. The number of Topliss-reactive ketones (excluding diaryl/α,β-unsaturated/α-hetero) is 1. The third kappa shape index (κ3) is 17.0. The molecule has 0 aromatic heterocycles. The third-order valence-corrected chi connectivity index (χ3v) is 16.2. The summed E-state index contributed by atoms with van der Waals surface area (Å²) in [5, 5.41) is 44.5. The van der Waals surface area contributed by atoms with E-state index in [9.17, 15) is 44.1 Å². The van der Waals surface area contributed by atoms with Crippen LogP contribution in [0.1, 0.15) is 139 Å². The number of amides is 4. The molecule has 77 heavy (non-hydrogen) atoms. The average molecular weight is 1070 g/mol. The highest BCUT2D eigenvalue weighted by Gasteiger charge is 2.51. The molecule has 2 saturated heterocycles. The quantitative estimate of drug-likeness (QED) is 0.0420. The van der Waals surface area contributed by atoms with Crippen LogP contribution in [-0.2, 0) is 44.7 Å². The van der Waals surface area contributed by atoms with Crippen LogP contribution < -0.4 is 27.1 Å². The number of fused-ring (bicyclic) bond motifs is 2. The summed E-state index contributed by atoms with van der Waals surface area (Å²) in [6.45, 7) is 18.8. The molecular weight excluding hydrogens is 981 g/mol. The molecule has 1 aromatic carbocycles. The van der Waals surface area contributed by atoms with E-state index in [2.05, 4.69) is 41.3 Å². The largest absolute Gasteiger partial charge is 0.456 e. The number of hydrogen-bond donors (Lipinski definition) is 8. The first-order valence-electron chi connectivity index (χ1n) is 28.1. The molecule has 1 unspecified atom stereocenters. The lowest BCUT2D eigenvalue weighted by molar-refractivity contribution is -0.179. The van der Waals surface area contributed by atoms with Crippen LogP contribution >= 0.6 is 0 Å². The standard InChI is InChI=1S/C60H90N6O11/c1-11-44-31-40(8)60(64-55(44)71)39(7)30-38(6)52(77-60)34-50(69)36(4)20-14-12-15-21-37(5)51-26-17-13-16-25-49(68)42(10)54(70)46(28-27-41(9)67)56(72)63-53(35(2)3)57(73)62-48(33-43-22-18-23-45(61)32-43)58(74)66-29-19-24-47(65-66)59(75)76-51/h12-13,15-18,21-23,25,30,32,35-36,38,40,42,44,46-54,65,68-70H,11,14,19-20,24,26-29,31,33-34,61H2,1-10H3,(H,62,73)(H,63,72)(H,64,71)/b15-12+,17-13+,25-16+,37-21+/t36-,38+,40-,42-,44-,46+,47?,48-,49-,50-,51-,52-,53-,54+,60-/m0/s1. The van der Waals surface area contributed by atoms with Crippen molar-refractivity contribution in [1.82, 2.24) is 26.4 Å². The Labute approximate surface area is 457 Å². The number of allylic oxidation sites excluding steroid dienone is 5. The number of nitrogens with two attached hydrogens (primary N) is 1. The molecule has 2 fully saturated rings. The lowest BCUT2D eigenvalue weighted by Crippen LogP contribution is -2.64. The molecule has 1 aromatic rings. The number of carbonyl (C=O) groups is 6. The first-order valence-corrected chi connectivity index (χ1v) is 28.1. The van der Waals surface area contributed by atoms with E-state index in [-0.39, 0.29) is 73.7 Å². The van der Waals surface area contributed by atoms with Gasteiger partial charge in [-0.15, -0.1) is 0 Å². The molecule has 0 aliphatic carbocycles. The smallest absolute Gasteiger partial charge is 0.325 e. The second kappa shape index (κ2) is 29.0. The summed E-state index contributed by atoms with van der Waals surface area (Å²) in [5.74, 6) is -5.09. The predicted molar refractivity (Wildman–Crippen MR) is 297 cm³/mol. The molecule has 4 heterocycles. The van der Waals surface area contributed by atoms with Crippen molar-refractivity contribution >= 4 is 41.1 Å². The van der Waals surface area contributed by atoms with Gasteiger partial charge in [-0.3, -0.25) is 29.0 Å². The number of hydrazine groups is 1. The Morgan fingerprint density at radius 1 is 1.01 bits per heavy atom. The van der Waals surface area contributed by atoms with Gasteiger partial charge in [-0.25, -0.2) is 5.43 Å². The van der Waals surface area contributed by atoms with Crippen LogP contribution in [0.15, 0.2) is 84.0 Å². The van der Waals surface area contributed by atoms with Crippen LogP contribution in [0.25, 0.3) is 0 Å². The minimum Gasteiger partial charge on any atom is -0.456 e. The van der Waals surface area contributed by atoms with Crippen LogP contribution in [0, 0.1) is 41.4 Å². The number of cyclic esters (lactones) is 1. The van der Waals surface area contributed by atoms with Crippen molar-refractivity contribution < 1.29 is 53.6 Å². The Bertz CT molecular complexity index is 2360. The molecule has 4 aliphatic heterocycles. The van der Waals surface area contributed by atoms with Gasteiger partial charge in [0.2, 0.25) is 17.7 Å². The highest BCUT2D eigenvalue weighted by atomic mass is 16.5. The van der Waals surface area contributed by atoms with E-state index >= 15 is 0 Å². The number of piperidine rings is 1. The van der Waals surface area contributed by atoms with Crippen LogP contribution in [0.4, 0.5) is 5.69 Å². The van der Waals surface area contributed by atoms with E-state index in [1.807, 2.05) is 45.9 Å². The van der Waals surface area contributed by atoms with Crippen LogP contribution in [0.5, 0.6) is 0 Å².